The molecule has 0 radical (unpaired) electrons. The van der Waals surface area contributed by atoms with Crippen LogP contribution in [0, 0.1) is 0 Å². The molecule has 0 rings (SSSR count). The Hall–Kier alpha value is -0.430. The van der Waals surface area contributed by atoms with Gasteiger partial charge in [-0.25, -0.2) is 0 Å². The van der Waals surface area contributed by atoms with E-state index in [0.29, 0.717) is 5.03 Å². The number of aliphatic hydroxyl groups excluding tert-OH is 1. The maximum atomic E-state index is 9.21. The highest BCUT2D eigenvalue weighted by Crippen LogP contribution is 2.09. The van der Waals surface area contributed by atoms with Gasteiger partial charge in [0.15, 0.2) is 0 Å². The fourth-order valence-electron chi connectivity index (χ4n) is 0.493. The van der Waals surface area contributed by atoms with Gasteiger partial charge in [0.1, 0.15) is 5.76 Å². The van der Waals surface area contributed by atoms with E-state index in [0.717, 1.165) is 12.0 Å². The van der Waals surface area contributed by atoms with Crippen molar-refractivity contribution >= 4 is 11.6 Å². The third-order valence-electron chi connectivity index (χ3n) is 1.30. The van der Waals surface area contributed by atoms with Crippen molar-refractivity contribution in [1.29, 1.82) is 0 Å². The van der Waals surface area contributed by atoms with Crippen molar-refractivity contribution in [2.24, 2.45) is 0 Å². The van der Waals surface area contributed by atoms with Crippen LogP contribution in [0.3, 0.4) is 0 Å². The smallest absolute Gasteiger partial charge is 0.115 e. The Bertz CT molecular complexity index is 165. The van der Waals surface area contributed by atoms with Gasteiger partial charge in [0.05, 0.1) is 0 Å². The van der Waals surface area contributed by atoms with Crippen LogP contribution in [-0.2, 0) is 0 Å². The molecular weight excluding hydrogens is 172 g/mol. The van der Waals surface area contributed by atoms with Crippen molar-refractivity contribution in [2.45, 2.75) is 41.0 Å². The topological polar surface area (TPSA) is 20.2 Å². The number of hydrogen-bond donors (Lipinski definition) is 1. The van der Waals surface area contributed by atoms with E-state index in [2.05, 4.69) is 0 Å². The molecule has 1 nitrogen and oxygen atoms in total. The number of rotatable bonds is 2. The Morgan fingerprint density at radius 1 is 1.33 bits per heavy atom. The molecule has 0 heterocycles. The van der Waals surface area contributed by atoms with E-state index in [-0.39, 0.29) is 5.76 Å². The average molecular weight is 191 g/mol. The lowest BCUT2D eigenvalue weighted by Gasteiger charge is -1.97. The molecule has 0 unspecified atom stereocenters. The third-order valence-corrected chi connectivity index (χ3v) is 1.41. The summed E-state index contributed by atoms with van der Waals surface area (Å²) < 4.78 is 0. The van der Waals surface area contributed by atoms with Crippen molar-refractivity contribution in [3.8, 4) is 0 Å². The highest BCUT2D eigenvalue weighted by Gasteiger charge is 1.93. The van der Waals surface area contributed by atoms with Crippen molar-refractivity contribution < 1.29 is 5.11 Å². The monoisotopic (exact) mass is 190 g/mol. The molecule has 72 valence electrons. The van der Waals surface area contributed by atoms with Crippen LogP contribution in [0.25, 0.3) is 0 Å². The number of halogens is 1. The van der Waals surface area contributed by atoms with E-state index < -0.39 is 0 Å². The summed E-state index contributed by atoms with van der Waals surface area (Å²) in [6, 6.07) is 0. The molecule has 0 aromatic carbocycles. The highest BCUT2D eigenvalue weighted by molar-refractivity contribution is 6.29. The lowest BCUT2D eigenvalue weighted by molar-refractivity contribution is 0.423. The van der Waals surface area contributed by atoms with E-state index >= 15 is 0 Å². The maximum Gasteiger partial charge on any atom is 0.115 e. The van der Waals surface area contributed by atoms with E-state index in [1.54, 1.807) is 13.0 Å². The quantitative estimate of drug-likeness (QED) is 0.506. The fourth-order valence-corrected chi connectivity index (χ4v) is 0.596. The number of aliphatic hydroxyl groups is 1. The summed E-state index contributed by atoms with van der Waals surface area (Å²) in [7, 11) is 0. The molecular formula is C10H19ClO. The molecule has 0 amide bonds. The molecule has 12 heavy (non-hydrogen) atoms. The minimum Gasteiger partial charge on any atom is -0.508 e. The van der Waals surface area contributed by atoms with Gasteiger partial charge in [-0.3, -0.25) is 0 Å². The summed E-state index contributed by atoms with van der Waals surface area (Å²) in [5, 5.41) is 9.81. The zero-order valence-electron chi connectivity index (χ0n) is 8.61. The van der Waals surface area contributed by atoms with Crippen LogP contribution in [0.2, 0.25) is 0 Å². The van der Waals surface area contributed by atoms with E-state index in [4.69, 9.17) is 11.6 Å². The molecule has 0 aliphatic heterocycles. The summed E-state index contributed by atoms with van der Waals surface area (Å²) in [5.41, 5.74) is 0.958. The Kier molecular flexibility index (Phi) is 10.2. The largest absolute Gasteiger partial charge is 0.508 e. The van der Waals surface area contributed by atoms with Crippen LogP contribution in [-0.4, -0.2) is 5.11 Å². The van der Waals surface area contributed by atoms with Gasteiger partial charge in [-0.15, -0.1) is 0 Å². The Labute approximate surface area is 80.7 Å². The van der Waals surface area contributed by atoms with Crippen LogP contribution >= 0.6 is 11.6 Å². The first-order valence-corrected chi connectivity index (χ1v) is 4.68. The second-order valence-electron chi connectivity index (χ2n) is 2.25. The molecule has 0 saturated heterocycles. The molecule has 0 saturated carbocycles. The van der Waals surface area contributed by atoms with Gasteiger partial charge in [0, 0.05) is 5.03 Å². The maximum absolute atomic E-state index is 9.21. The standard InChI is InChI=1S/C8H13ClO.C2H6/c1-4-6(2)8(10)5-7(3)9;1-2/h5,10H,4H2,1-3H3;1-2H3/b7-5+,8-6+;. The lowest BCUT2D eigenvalue weighted by Crippen LogP contribution is -1.81. The van der Waals surface area contributed by atoms with Crippen molar-refractivity contribution in [1.82, 2.24) is 0 Å². The molecule has 0 bridgehead atoms. The summed E-state index contributed by atoms with van der Waals surface area (Å²) in [5.74, 6) is 0.287. The minimum absolute atomic E-state index is 0.287. The van der Waals surface area contributed by atoms with E-state index in [1.165, 1.54) is 0 Å². The van der Waals surface area contributed by atoms with E-state index in [1.807, 2.05) is 27.7 Å². The summed E-state index contributed by atoms with van der Waals surface area (Å²) in [4.78, 5) is 0. The molecule has 1 N–H and O–H groups in total. The van der Waals surface area contributed by atoms with Gasteiger partial charge in [-0.1, -0.05) is 32.4 Å². The molecule has 0 aliphatic rings. The Morgan fingerprint density at radius 3 is 2.00 bits per heavy atom. The zero-order valence-corrected chi connectivity index (χ0v) is 9.37. The number of allylic oxidation sites excluding steroid dienone is 3. The second kappa shape index (κ2) is 8.66. The van der Waals surface area contributed by atoms with Gasteiger partial charge in [-0.05, 0) is 31.9 Å². The minimum atomic E-state index is 0.287. The molecule has 0 spiro atoms. The lowest BCUT2D eigenvalue weighted by atomic mass is 10.2. The predicted molar refractivity (Wildman–Crippen MR) is 56.6 cm³/mol. The van der Waals surface area contributed by atoms with Gasteiger partial charge >= 0.3 is 0 Å². The van der Waals surface area contributed by atoms with Gasteiger partial charge in [0.2, 0.25) is 0 Å². The first kappa shape index (κ1) is 14.1. The highest BCUT2D eigenvalue weighted by atomic mass is 35.5. The predicted octanol–water partition coefficient (Wildman–Crippen LogP) is 4.40. The Morgan fingerprint density at radius 2 is 1.75 bits per heavy atom. The third kappa shape index (κ3) is 7.67. The summed E-state index contributed by atoms with van der Waals surface area (Å²) in [6.07, 6.45) is 2.41. The van der Waals surface area contributed by atoms with E-state index in [9.17, 15) is 5.11 Å². The average Bonchev–Trinajstić information content (AvgIpc) is 2.05. The van der Waals surface area contributed by atoms with Crippen molar-refractivity contribution in [3.05, 3.63) is 22.4 Å². The molecule has 2 heteroatoms. The fraction of sp³-hybridized carbons (Fsp3) is 0.600. The molecule has 0 aromatic heterocycles. The van der Waals surface area contributed by atoms with Crippen LogP contribution in [0.4, 0.5) is 0 Å². The van der Waals surface area contributed by atoms with Crippen LogP contribution in [0.15, 0.2) is 22.4 Å². The van der Waals surface area contributed by atoms with Gasteiger partial charge in [0.25, 0.3) is 0 Å². The zero-order chi connectivity index (χ0) is 10.1. The summed E-state index contributed by atoms with van der Waals surface area (Å²) >= 11 is 5.54. The van der Waals surface area contributed by atoms with Crippen LogP contribution in [0.1, 0.15) is 41.0 Å². The van der Waals surface area contributed by atoms with Gasteiger partial charge < -0.3 is 5.11 Å². The SMILES string of the molecule is CC.CC/C(C)=C(O)\C=C(/C)Cl. The molecule has 0 atom stereocenters. The number of hydrogen-bond acceptors (Lipinski definition) is 1. The summed E-state index contributed by atoms with van der Waals surface area (Å²) in [6.45, 7) is 9.61. The molecule has 0 fully saturated rings. The van der Waals surface area contributed by atoms with Crippen LogP contribution in [0.5, 0.6) is 0 Å². The normalized spacial score (nSPS) is 13.0. The molecule has 0 aliphatic carbocycles. The van der Waals surface area contributed by atoms with Crippen molar-refractivity contribution in [3.63, 3.8) is 0 Å². The van der Waals surface area contributed by atoms with Crippen LogP contribution < -0.4 is 0 Å². The second-order valence-corrected chi connectivity index (χ2v) is 2.85. The van der Waals surface area contributed by atoms with Gasteiger partial charge in [-0.2, -0.15) is 0 Å². The Balaban J connectivity index is 0. The molecule has 0 aromatic rings. The first-order valence-electron chi connectivity index (χ1n) is 4.30. The van der Waals surface area contributed by atoms with Crippen molar-refractivity contribution in [2.75, 3.05) is 0 Å². The first-order chi connectivity index (χ1) is 5.57.